The topological polar surface area (TPSA) is 66.5 Å². The van der Waals surface area contributed by atoms with E-state index in [1.807, 2.05) is 30.3 Å². The molecule has 128 valence electrons. The number of nitrogens with zero attached hydrogens (tertiary/aromatic N) is 1. The molecule has 1 amide bonds. The number of carbonyl (C=O) groups is 1. The number of amides is 1. The normalized spacial score (nSPS) is 11.1. The molecule has 3 aromatic rings. The summed E-state index contributed by atoms with van der Waals surface area (Å²) in [6, 6.07) is 18.9. The molecule has 0 saturated heterocycles. The molecule has 0 radical (unpaired) electrons. The van der Waals surface area contributed by atoms with Gasteiger partial charge in [0.1, 0.15) is 4.21 Å². The molecular formula is C18H16N2O3S2. The minimum Gasteiger partial charge on any atom is -0.311 e. The number of thiophene rings is 1. The lowest BCUT2D eigenvalue weighted by Gasteiger charge is -2.17. The van der Waals surface area contributed by atoms with Crippen molar-refractivity contribution >= 4 is 38.6 Å². The van der Waals surface area contributed by atoms with E-state index in [1.54, 1.807) is 36.7 Å². The van der Waals surface area contributed by atoms with Gasteiger partial charge in [0.05, 0.1) is 0 Å². The van der Waals surface area contributed by atoms with Crippen molar-refractivity contribution in [2.45, 2.75) is 4.21 Å². The van der Waals surface area contributed by atoms with Crippen LogP contribution in [0.15, 0.2) is 76.3 Å². The van der Waals surface area contributed by atoms with Crippen molar-refractivity contribution in [2.75, 3.05) is 16.7 Å². The molecule has 0 saturated carbocycles. The fraction of sp³-hybridized carbons (Fsp3) is 0.0556. The van der Waals surface area contributed by atoms with Gasteiger partial charge in [0, 0.05) is 24.0 Å². The highest BCUT2D eigenvalue weighted by molar-refractivity contribution is 7.94. The van der Waals surface area contributed by atoms with Gasteiger partial charge in [0.2, 0.25) is 0 Å². The molecule has 0 spiro atoms. The maximum absolute atomic E-state index is 12.6. The van der Waals surface area contributed by atoms with Gasteiger partial charge in [-0.2, -0.15) is 0 Å². The molecule has 0 aliphatic heterocycles. The van der Waals surface area contributed by atoms with E-state index in [2.05, 4.69) is 4.72 Å². The summed E-state index contributed by atoms with van der Waals surface area (Å²) in [6.07, 6.45) is 0. The van der Waals surface area contributed by atoms with Gasteiger partial charge < -0.3 is 4.90 Å². The van der Waals surface area contributed by atoms with E-state index in [-0.39, 0.29) is 10.1 Å². The van der Waals surface area contributed by atoms with Crippen LogP contribution in [0.1, 0.15) is 10.4 Å². The number of hydrogen-bond donors (Lipinski definition) is 1. The molecule has 5 nitrogen and oxygen atoms in total. The maximum atomic E-state index is 12.6. The van der Waals surface area contributed by atoms with Crippen LogP contribution in [0.3, 0.4) is 0 Å². The van der Waals surface area contributed by atoms with E-state index < -0.39 is 10.0 Å². The Morgan fingerprint density at radius 3 is 2.44 bits per heavy atom. The number of para-hydroxylation sites is 1. The first-order chi connectivity index (χ1) is 12.0. The predicted octanol–water partition coefficient (Wildman–Crippen LogP) is 3.83. The van der Waals surface area contributed by atoms with Crippen molar-refractivity contribution in [3.8, 4) is 0 Å². The molecule has 0 bridgehead atoms. The zero-order valence-corrected chi connectivity index (χ0v) is 15.0. The summed E-state index contributed by atoms with van der Waals surface area (Å²) in [6.45, 7) is 0. The summed E-state index contributed by atoms with van der Waals surface area (Å²) < 4.78 is 27.3. The van der Waals surface area contributed by atoms with Gasteiger partial charge in [-0.25, -0.2) is 8.42 Å². The summed E-state index contributed by atoms with van der Waals surface area (Å²) >= 11 is 1.14. The first-order valence-corrected chi connectivity index (χ1v) is 9.83. The number of hydrogen-bond acceptors (Lipinski definition) is 4. The van der Waals surface area contributed by atoms with E-state index in [4.69, 9.17) is 0 Å². The Balaban J connectivity index is 1.83. The van der Waals surface area contributed by atoms with E-state index in [0.717, 1.165) is 17.0 Å². The Morgan fingerprint density at radius 1 is 1.00 bits per heavy atom. The van der Waals surface area contributed by atoms with Crippen LogP contribution in [-0.2, 0) is 10.0 Å². The highest BCUT2D eigenvalue weighted by Crippen LogP contribution is 2.22. The molecule has 2 aromatic carbocycles. The Kier molecular flexibility index (Phi) is 4.87. The van der Waals surface area contributed by atoms with Crippen molar-refractivity contribution in [1.82, 2.24) is 0 Å². The van der Waals surface area contributed by atoms with Gasteiger partial charge in [-0.15, -0.1) is 11.3 Å². The average molecular weight is 372 g/mol. The van der Waals surface area contributed by atoms with Crippen molar-refractivity contribution in [3.05, 3.63) is 77.7 Å². The molecule has 0 fully saturated rings. The van der Waals surface area contributed by atoms with E-state index in [1.165, 1.54) is 17.0 Å². The largest absolute Gasteiger partial charge is 0.311 e. The lowest BCUT2D eigenvalue weighted by atomic mass is 10.1. The lowest BCUT2D eigenvalue weighted by molar-refractivity contribution is 0.0993. The Morgan fingerprint density at radius 2 is 1.76 bits per heavy atom. The van der Waals surface area contributed by atoms with Crippen LogP contribution in [0, 0.1) is 0 Å². The second-order valence-electron chi connectivity index (χ2n) is 5.32. The SMILES string of the molecule is CN(C(=O)c1cccc(NS(=O)(=O)c2cccs2)c1)c1ccccc1. The highest BCUT2D eigenvalue weighted by atomic mass is 32.2. The third-order valence-electron chi connectivity index (χ3n) is 3.57. The van der Waals surface area contributed by atoms with Crippen molar-refractivity contribution in [1.29, 1.82) is 0 Å². The minimum absolute atomic E-state index is 0.219. The standard InChI is InChI=1S/C18H16N2O3S2/c1-20(16-9-3-2-4-10-16)18(21)14-7-5-8-15(13-14)19-25(22,23)17-11-6-12-24-17/h2-13,19H,1H3. The maximum Gasteiger partial charge on any atom is 0.271 e. The van der Waals surface area contributed by atoms with Gasteiger partial charge in [-0.3, -0.25) is 9.52 Å². The number of carbonyl (C=O) groups excluding carboxylic acids is 1. The average Bonchev–Trinajstić information content (AvgIpc) is 3.17. The fourth-order valence-corrected chi connectivity index (χ4v) is 4.34. The summed E-state index contributed by atoms with van der Waals surface area (Å²) in [7, 11) is -1.96. The van der Waals surface area contributed by atoms with Gasteiger partial charge in [-0.1, -0.05) is 30.3 Å². The second kappa shape index (κ2) is 7.08. The number of benzene rings is 2. The molecule has 1 N–H and O–H groups in total. The highest BCUT2D eigenvalue weighted by Gasteiger charge is 2.17. The molecular weight excluding hydrogens is 356 g/mol. The Hall–Kier alpha value is -2.64. The van der Waals surface area contributed by atoms with Crippen molar-refractivity contribution < 1.29 is 13.2 Å². The zero-order chi connectivity index (χ0) is 17.9. The van der Waals surface area contributed by atoms with Crippen LogP contribution < -0.4 is 9.62 Å². The molecule has 1 heterocycles. The third kappa shape index (κ3) is 3.89. The van der Waals surface area contributed by atoms with Crippen molar-refractivity contribution in [3.63, 3.8) is 0 Å². The van der Waals surface area contributed by atoms with Gasteiger partial charge in [-0.05, 0) is 41.8 Å². The molecule has 3 rings (SSSR count). The molecule has 7 heteroatoms. The van der Waals surface area contributed by atoms with E-state index in [9.17, 15) is 13.2 Å². The van der Waals surface area contributed by atoms with Crippen LogP contribution >= 0.6 is 11.3 Å². The van der Waals surface area contributed by atoms with Crippen LogP contribution in [0.4, 0.5) is 11.4 Å². The predicted molar refractivity (Wildman–Crippen MR) is 101 cm³/mol. The third-order valence-corrected chi connectivity index (χ3v) is 6.35. The number of rotatable bonds is 5. The molecule has 0 atom stereocenters. The Labute approximate surface area is 150 Å². The van der Waals surface area contributed by atoms with Crippen LogP contribution in [0.2, 0.25) is 0 Å². The summed E-state index contributed by atoms with van der Waals surface area (Å²) in [5.41, 5.74) is 1.51. The van der Waals surface area contributed by atoms with Crippen LogP contribution in [0.5, 0.6) is 0 Å². The van der Waals surface area contributed by atoms with Crippen molar-refractivity contribution in [2.24, 2.45) is 0 Å². The number of nitrogens with one attached hydrogen (secondary N) is 1. The summed E-state index contributed by atoms with van der Waals surface area (Å²) in [5, 5.41) is 1.70. The first-order valence-electron chi connectivity index (χ1n) is 7.47. The summed E-state index contributed by atoms with van der Waals surface area (Å²) in [4.78, 5) is 14.2. The minimum atomic E-state index is -3.64. The molecule has 0 aliphatic carbocycles. The second-order valence-corrected chi connectivity index (χ2v) is 8.18. The lowest BCUT2D eigenvalue weighted by Crippen LogP contribution is -2.26. The van der Waals surface area contributed by atoms with Gasteiger partial charge in [0.25, 0.3) is 15.9 Å². The van der Waals surface area contributed by atoms with Gasteiger partial charge in [0.15, 0.2) is 0 Å². The Bertz CT molecular complexity index is 969. The number of anilines is 2. The molecule has 0 unspecified atom stereocenters. The van der Waals surface area contributed by atoms with Crippen LogP contribution in [-0.4, -0.2) is 21.4 Å². The monoisotopic (exact) mass is 372 g/mol. The first kappa shape index (κ1) is 17.2. The molecule has 1 aromatic heterocycles. The summed E-state index contributed by atoms with van der Waals surface area (Å²) in [5.74, 6) is -0.219. The van der Waals surface area contributed by atoms with E-state index >= 15 is 0 Å². The quantitative estimate of drug-likeness (QED) is 0.740. The zero-order valence-electron chi connectivity index (χ0n) is 13.4. The smallest absolute Gasteiger partial charge is 0.271 e. The molecule has 25 heavy (non-hydrogen) atoms. The van der Waals surface area contributed by atoms with Gasteiger partial charge >= 0.3 is 0 Å². The van der Waals surface area contributed by atoms with E-state index in [0.29, 0.717) is 11.3 Å². The number of sulfonamides is 1. The fourth-order valence-electron chi connectivity index (χ4n) is 2.30. The van der Waals surface area contributed by atoms with Crippen LogP contribution in [0.25, 0.3) is 0 Å². The molecule has 0 aliphatic rings.